The van der Waals surface area contributed by atoms with Gasteiger partial charge < -0.3 is 9.42 Å². The molecule has 0 radical (unpaired) electrons. The number of hydrogen-bond acceptors (Lipinski definition) is 5. The van der Waals surface area contributed by atoms with Crippen molar-refractivity contribution in [1.82, 2.24) is 4.90 Å². The quantitative estimate of drug-likeness (QED) is 0.379. The van der Waals surface area contributed by atoms with Gasteiger partial charge in [-0.2, -0.15) is 0 Å². The molecule has 1 saturated heterocycles. The minimum atomic E-state index is -0.413. The highest BCUT2D eigenvalue weighted by Crippen LogP contribution is 2.25. The number of rotatable bonds is 10. The van der Waals surface area contributed by atoms with E-state index in [1.54, 1.807) is 11.8 Å². The zero-order valence-corrected chi connectivity index (χ0v) is 13.1. The third kappa shape index (κ3) is 5.78. The Hall–Kier alpha value is -0.160. The van der Waals surface area contributed by atoms with Crippen molar-refractivity contribution in [2.75, 3.05) is 18.9 Å². The van der Waals surface area contributed by atoms with E-state index in [1.807, 2.05) is 6.92 Å². The van der Waals surface area contributed by atoms with Crippen LogP contribution in [0.15, 0.2) is 0 Å². The first kappa shape index (κ1) is 16.9. The number of unbranched alkanes of at least 4 members (excludes halogenated alkanes) is 3. The van der Waals surface area contributed by atoms with Crippen molar-refractivity contribution in [2.24, 2.45) is 0 Å². The lowest BCUT2D eigenvalue weighted by Gasteiger charge is -2.11. The molecule has 1 heterocycles. The van der Waals surface area contributed by atoms with E-state index in [0.29, 0.717) is 19.6 Å². The number of nitrogens with zero attached hydrogens (tertiary/aromatic N) is 1. The lowest BCUT2D eigenvalue weighted by atomic mass is 10.2. The largest absolute Gasteiger partial charge is 0.352 e. The van der Waals surface area contributed by atoms with E-state index < -0.39 is 9.03 Å². The number of carbonyl (C=O) groups excluding carboxylic acids is 2. The number of likely N-dealkylation sites (tertiary alicyclic amines) is 1. The van der Waals surface area contributed by atoms with Crippen molar-refractivity contribution in [3.63, 3.8) is 0 Å². The summed E-state index contributed by atoms with van der Waals surface area (Å²) in [5.41, 5.74) is 0. The molecule has 2 atom stereocenters. The summed E-state index contributed by atoms with van der Waals surface area (Å²) in [6.07, 6.45) is 4.54. The van der Waals surface area contributed by atoms with Crippen molar-refractivity contribution < 1.29 is 19.0 Å². The van der Waals surface area contributed by atoms with Gasteiger partial charge in [0.2, 0.25) is 11.8 Å². The highest BCUT2D eigenvalue weighted by molar-refractivity contribution is 8.00. The van der Waals surface area contributed by atoms with Crippen LogP contribution in [0.5, 0.6) is 0 Å². The molecule has 1 rings (SSSR count). The molecule has 19 heavy (non-hydrogen) atoms. The second kappa shape index (κ2) is 9.70. The molecule has 0 bridgehead atoms. The summed E-state index contributed by atoms with van der Waals surface area (Å²) in [5, 5.41) is -0.161. The van der Waals surface area contributed by atoms with Crippen molar-refractivity contribution in [3.8, 4) is 0 Å². The van der Waals surface area contributed by atoms with Crippen LogP contribution in [0.4, 0.5) is 0 Å². The van der Waals surface area contributed by atoms with Gasteiger partial charge in [-0.05, 0) is 25.5 Å². The Balaban J connectivity index is 2.04. The van der Waals surface area contributed by atoms with Gasteiger partial charge in [0, 0.05) is 13.0 Å². The molecule has 110 valence electrons. The van der Waals surface area contributed by atoms with Gasteiger partial charge in [0.15, 0.2) is 9.03 Å². The highest BCUT2D eigenvalue weighted by atomic mass is 32.2. The summed E-state index contributed by atoms with van der Waals surface area (Å²) in [7, 11) is -0.413. The van der Waals surface area contributed by atoms with Gasteiger partial charge in [0.1, 0.15) is 0 Å². The number of amides is 2. The number of hydrogen-bond donors (Lipinski definition) is 1. The first-order chi connectivity index (χ1) is 9.20. The number of imide groups is 1. The maximum Gasteiger partial charge on any atom is 0.242 e. The van der Waals surface area contributed by atoms with E-state index in [-0.39, 0.29) is 17.1 Å². The zero-order chi connectivity index (χ0) is 14.1. The Morgan fingerprint density at radius 2 is 2.11 bits per heavy atom. The van der Waals surface area contributed by atoms with E-state index in [4.69, 9.17) is 9.42 Å². The molecule has 0 aromatic rings. The molecule has 0 spiro atoms. The second-order valence-electron chi connectivity index (χ2n) is 4.39. The fourth-order valence-electron chi connectivity index (χ4n) is 2.02. The maximum absolute atomic E-state index is 11.8. The molecule has 0 saturated carbocycles. The average Bonchev–Trinajstić information content (AvgIpc) is 2.67. The molecule has 2 amide bonds. The molecular weight excluding hydrogens is 285 g/mol. The van der Waals surface area contributed by atoms with E-state index in [0.717, 1.165) is 31.4 Å². The minimum Gasteiger partial charge on any atom is -0.352 e. The van der Waals surface area contributed by atoms with Crippen LogP contribution in [-0.4, -0.2) is 45.8 Å². The van der Waals surface area contributed by atoms with Crippen LogP contribution in [0, 0.1) is 0 Å². The topological polar surface area (TPSA) is 66.8 Å². The van der Waals surface area contributed by atoms with Crippen LogP contribution in [0.2, 0.25) is 0 Å². The summed E-state index contributed by atoms with van der Waals surface area (Å²) >= 11 is 1.60. The Kier molecular flexibility index (Phi) is 8.62. The second-order valence-corrected chi connectivity index (χ2v) is 6.18. The Bertz CT molecular complexity index is 303. The van der Waals surface area contributed by atoms with E-state index in [1.165, 1.54) is 4.90 Å². The highest BCUT2D eigenvalue weighted by Gasteiger charge is 2.37. The smallest absolute Gasteiger partial charge is 0.242 e. The molecule has 1 fully saturated rings. The van der Waals surface area contributed by atoms with Crippen LogP contribution >= 0.6 is 20.8 Å². The van der Waals surface area contributed by atoms with Gasteiger partial charge in [0.05, 0.1) is 11.9 Å². The van der Waals surface area contributed by atoms with Gasteiger partial charge in [-0.15, -0.1) is 11.8 Å². The standard InChI is InChI=1S/C12H22NO4PS/c1-2-13-11(14)9-10(12(13)15)19-8-6-4-3-5-7-17-18-16/h10,16,18H,2-9H2,1H3. The van der Waals surface area contributed by atoms with Crippen molar-refractivity contribution >= 4 is 32.6 Å². The molecule has 0 aliphatic carbocycles. The van der Waals surface area contributed by atoms with Crippen molar-refractivity contribution in [3.05, 3.63) is 0 Å². The first-order valence-corrected chi connectivity index (χ1v) is 8.57. The van der Waals surface area contributed by atoms with Gasteiger partial charge in [-0.1, -0.05) is 12.8 Å². The molecule has 1 aliphatic heterocycles. The predicted molar refractivity (Wildman–Crippen MR) is 78.2 cm³/mol. The zero-order valence-electron chi connectivity index (χ0n) is 11.3. The van der Waals surface area contributed by atoms with Gasteiger partial charge in [-0.25, -0.2) is 0 Å². The Labute approximate surface area is 120 Å². The minimum absolute atomic E-state index is 0.0187. The summed E-state index contributed by atoms with van der Waals surface area (Å²) in [6, 6.07) is 0. The van der Waals surface area contributed by atoms with E-state index in [2.05, 4.69) is 0 Å². The van der Waals surface area contributed by atoms with E-state index in [9.17, 15) is 9.59 Å². The first-order valence-electron chi connectivity index (χ1n) is 6.67. The van der Waals surface area contributed by atoms with Gasteiger partial charge in [-0.3, -0.25) is 14.5 Å². The molecule has 1 N–H and O–H groups in total. The van der Waals surface area contributed by atoms with Crippen LogP contribution < -0.4 is 0 Å². The monoisotopic (exact) mass is 307 g/mol. The van der Waals surface area contributed by atoms with E-state index >= 15 is 0 Å². The number of carbonyl (C=O) groups is 2. The van der Waals surface area contributed by atoms with Crippen LogP contribution in [-0.2, 0) is 14.1 Å². The molecule has 0 aromatic heterocycles. The van der Waals surface area contributed by atoms with Crippen LogP contribution in [0.3, 0.4) is 0 Å². The SMILES string of the molecule is CCN1C(=O)CC(SCCCCCCOPO)C1=O. The summed E-state index contributed by atoms with van der Waals surface area (Å²) < 4.78 is 4.86. The van der Waals surface area contributed by atoms with Crippen LogP contribution in [0.1, 0.15) is 39.0 Å². The number of thioether (sulfide) groups is 1. The van der Waals surface area contributed by atoms with Crippen molar-refractivity contribution in [2.45, 2.75) is 44.3 Å². The van der Waals surface area contributed by atoms with Gasteiger partial charge in [0.25, 0.3) is 0 Å². The predicted octanol–water partition coefficient (Wildman–Crippen LogP) is 1.94. The summed E-state index contributed by atoms with van der Waals surface area (Å²) in [5.74, 6) is 0.867. The molecule has 5 nitrogen and oxygen atoms in total. The lowest BCUT2D eigenvalue weighted by molar-refractivity contribution is -0.137. The lowest BCUT2D eigenvalue weighted by Crippen LogP contribution is -2.30. The molecule has 1 aliphatic rings. The average molecular weight is 307 g/mol. The fourth-order valence-corrected chi connectivity index (χ4v) is 3.44. The third-order valence-corrected chi connectivity index (χ3v) is 4.67. The summed E-state index contributed by atoms with van der Waals surface area (Å²) in [6.45, 7) is 2.93. The fraction of sp³-hybridized carbons (Fsp3) is 0.833. The Morgan fingerprint density at radius 1 is 1.37 bits per heavy atom. The van der Waals surface area contributed by atoms with Crippen molar-refractivity contribution in [1.29, 1.82) is 0 Å². The maximum atomic E-state index is 11.8. The normalized spacial score (nSPS) is 20.1. The molecule has 7 heteroatoms. The summed E-state index contributed by atoms with van der Waals surface area (Å²) in [4.78, 5) is 33.2. The molecule has 2 unspecified atom stereocenters. The van der Waals surface area contributed by atoms with Gasteiger partial charge >= 0.3 is 0 Å². The Morgan fingerprint density at radius 3 is 2.74 bits per heavy atom. The molecule has 0 aromatic carbocycles. The van der Waals surface area contributed by atoms with Crippen LogP contribution in [0.25, 0.3) is 0 Å². The molecular formula is C12H22NO4PS. The third-order valence-electron chi connectivity index (χ3n) is 3.04.